The van der Waals surface area contributed by atoms with Crippen LogP contribution in [0.4, 0.5) is 0 Å². The highest BCUT2D eigenvalue weighted by Gasteiger charge is 2.32. The number of carbonyl (C=O) groups is 1. The molecule has 1 aliphatic rings. The summed E-state index contributed by atoms with van der Waals surface area (Å²) in [5, 5.41) is 0. The second-order valence-corrected chi connectivity index (χ2v) is 8.42. The van der Waals surface area contributed by atoms with E-state index in [-0.39, 0.29) is 10.8 Å². The van der Waals surface area contributed by atoms with Crippen LogP contribution in [-0.2, 0) is 26.0 Å². The first-order valence-electron chi connectivity index (χ1n) is 8.53. The van der Waals surface area contributed by atoms with Gasteiger partial charge in [0, 0.05) is 0 Å². The lowest BCUT2D eigenvalue weighted by Crippen LogP contribution is -2.18. The van der Waals surface area contributed by atoms with Crippen LogP contribution in [0.15, 0.2) is 57.8 Å². The van der Waals surface area contributed by atoms with E-state index in [1.807, 2.05) is 24.3 Å². The summed E-state index contributed by atoms with van der Waals surface area (Å²) in [5.74, 6) is -0.659. The molecule has 0 bridgehead atoms. The largest absolute Gasteiger partial charge is 0.406 e. The third kappa shape index (κ3) is 3.70. The van der Waals surface area contributed by atoms with Gasteiger partial charge in [-0.05, 0) is 42.5 Å². The zero-order valence-electron chi connectivity index (χ0n) is 15.0. The molecule has 0 radical (unpaired) electrons. The van der Waals surface area contributed by atoms with Crippen molar-refractivity contribution in [1.82, 2.24) is 0 Å². The summed E-state index contributed by atoms with van der Waals surface area (Å²) in [7, 11) is -3.80. The van der Waals surface area contributed by atoms with Crippen molar-refractivity contribution in [2.24, 2.45) is 10.3 Å². The molecule has 6 heteroatoms. The van der Waals surface area contributed by atoms with Crippen LogP contribution in [-0.4, -0.2) is 20.3 Å². The topological polar surface area (TPSA) is 72.8 Å². The van der Waals surface area contributed by atoms with Crippen molar-refractivity contribution in [3.05, 3.63) is 65.2 Å². The number of rotatable bonds is 4. The molecule has 1 heterocycles. The average molecular weight is 371 g/mol. The van der Waals surface area contributed by atoms with E-state index in [2.05, 4.69) is 18.2 Å². The molecule has 26 heavy (non-hydrogen) atoms. The van der Waals surface area contributed by atoms with E-state index in [1.165, 1.54) is 11.6 Å². The van der Waals surface area contributed by atoms with Gasteiger partial charge >= 0.3 is 5.97 Å². The molecule has 0 aromatic heterocycles. The number of ether oxygens (including phenoxy) is 1. The van der Waals surface area contributed by atoms with Crippen LogP contribution >= 0.6 is 0 Å². The Hall–Kier alpha value is -2.47. The molecule has 2 aromatic carbocycles. The summed E-state index contributed by atoms with van der Waals surface area (Å²) in [4.78, 5) is 12.5. The summed E-state index contributed by atoms with van der Waals surface area (Å²) in [6, 6.07) is 14.1. The van der Waals surface area contributed by atoms with Gasteiger partial charge in [-0.3, -0.25) is 4.79 Å². The second-order valence-electron chi connectivity index (χ2n) is 6.85. The standard InChI is InChI=1S/C20H21NO4S/c1-13(2)12-15-8-10-16(11-9-15)14(3)20(22)25-19-17-6-4-5-7-18(17)26(23,24)21-19/h4-11,13-14H,12H2,1-3H3. The minimum atomic E-state index is -3.80. The highest BCUT2D eigenvalue weighted by molar-refractivity contribution is 7.90. The van der Waals surface area contributed by atoms with Gasteiger partial charge in [0.25, 0.3) is 10.0 Å². The molecule has 0 saturated heterocycles. The lowest BCUT2D eigenvalue weighted by molar-refractivity contribution is -0.136. The Morgan fingerprint density at radius 1 is 1.04 bits per heavy atom. The lowest BCUT2D eigenvalue weighted by Gasteiger charge is -2.12. The zero-order valence-corrected chi connectivity index (χ0v) is 15.8. The number of esters is 1. The van der Waals surface area contributed by atoms with Crippen molar-refractivity contribution >= 4 is 21.9 Å². The number of benzene rings is 2. The first-order valence-corrected chi connectivity index (χ1v) is 9.97. The summed E-state index contributed by atoms with van der Waals surface area (Å²) in [6.07, 6.45) is 0.977. The van der Waals surface area contributed by atoms with Crippen molar-refractivity contribution in [1.29, 1.82) is 0 Å². The first kappa shape index (κ1) is 18.3. The van der Waals surface area contributed by atoms with Gasteiger partial charge in [0.15, 0.2) is 0 Å². The number of fused-ring (bicyclic) bond motifs is 1. The highest BCUT2D eigenvalue weighted by Crippen LogP contribution is 2.27. The van der Waals surface area contributed by atoms with E-state index in [0.29, 0.717) is 11.5 Å². The Labute approximate surface area is 153 Å². The molecule has 0 amide bonds. The van der Waals surface area contributed by atoms with Crippen molar-refractivity contribution in [2.75, 3.05) is 0 Å². The predicted octanol–water partition coefficient (Wildman–Crippen LogP) is 3.68. The summed E-state index contributed by atoms with van der Waals surface area (Å²) < 4.78 is 33.0. The lowest BCUT2D eigenvalue weighted by atomic mass is 9.97. The molecule has 1 unspecified atom stereocenters. The molecule has 0 spiro atoms. The maximum Gasteiger partial charge on any atom is 0.319 e. The average Bonchev–Trinajstić information content (AvgIpc) is 2.85. The van der Waals surface area contributed by atoms with Crippen molar-refractivity contribution in [3.8, 4) is 0 Å². The van der Waals surface area contributed by atoms with E-state index < -0.39 is 21.9 Å². The van der Waals surface area contributed by atoms with Crippen LogP contribution in [0.5, 0.6) is 0 Å². The SMILES string of the molecule is CC(C)Cc1ccc(C(C)C(=O)OC2=NS(=O)(=O)c3ccccc32)cc1. The van der Waals surface area contributed by atoms with Crippen molar-refractivity contribution in [2.45, 2.75) is 38.0 Å². The van der Waals surface area contributed by atoms with Gasteiger partial charge in [-0.15, -0.1) is 4.40 Å². The van der Waals surface area contributed by atoms with Gasteiger partial charge in [0.1, 0.15) is 4.90 Å². The molecule has 2 aromatic rings. The first-order chi connectivity index (χ1) is 12.3. The monoisotopic (exact) mass is 371 g/mol. The molecule has 0 N–H and O–H groups in total. The molecule has 5 nitrogen and oxygen atoms in total. The van der Waals surface area contributed by atoms with Gasteiger partial charge in [0.05, 0.1) is 11.5 Å². The third-order valence-corrected chi connectivity index (χ3v) is 5.59. The third-order valence-electron chi connectivity index (χ3n) is 4.27. The summed E-state index contributed by atoms with van der Waals surface area (Å²) >= 11 is 0. The second kappa shape index (κ2) is 7.03. The number of sulfonamides is 1. The Bertz CT molecular complexity index is 960. The van der Waals surface area contributed by atoms with E-state index in [4.69, 9.17) is 4.74 Å². The quantitative estimate of drug-likeness (QED) is 0.769. The minimum Gasteiger partial charge on any atom is -0.406 e. The molecule has 1 atom stereocenters. The Balaban J connectivity index is 1.76. The Kier molecular flexibility index (Phi) is 4.96. The molecule has 0 saturated carbocycles. The molecule has 136 valence electrons. The Morgan fingerprint density at radius 2 is 1.69 bits per heavy atom. The smallest absolute Gasteiger partial charge is 0.319 e. The summed E-state index contributed by atoms with van der Waals surface area (Å²) in [5.41, 5.74) is 2.35. The molecular formula is C20H21NO4S. The number of carbonyl (C=O) groups excluding carboxylic acids is 1. The normalized spacial score (nSPS) is 16.1. The molecule has 0 aliphatic carbocycles. The van der Waals surface area contributed by atoms with E-state index in [9.17, 15) is 13.2 Å². The molecular weight excluding hydrogens is 350 g/mol. The van der Waals surface area contributed by atoms with Crippen LogP contribution in [0.2, 0.25) is 0 Å². The zero-order chi connectivity index (χ0) is 18.9. The Morgan fingerprint density at radius 3 is 2.35 bits per heavy atom. The van der Waals surface area contributed by atoms with Gasteiger partial charge in [-0.1, -0.05) is 50.2 Å². The fourth-order valence-electron chi connectivity index (χ4n) is 2.88. The minimum absolute atomic E-state index is 0.0634. The van der Waals surface area contributed by atoms with Crippen LogP contribution in [0.3, 0.4) is 0 Å². The maximum atomic E-state index is 12.5. The van der Waals surface area contributed by atoms with E-state index in [1.54, 1.807) is 25.1 Å². The number of hydrogen-bond acceptors (Lipinski definition) is 4. The van der Waals surface area contributed by atoms with E-state index in [0.717, 1.165) is 12.0 Å². The fourth-order valence-corrected chi connectivity index (χ4v) is 4.02. The number of hydrogen-bond donors (Lipinski definition) is 0. The maximum absolute atomic E-state index is 12.5. The molecule has 1 aliphatic heterocycles. The fraction of sp³-hybridized carbons (Fsp3) is 0.300. The van der Waals surface area contributed by atoms with Crippen LogP contribution in [0, 0.1) is 5.92 Å². The van der Waals surface area contributed by atoms with Gasteiger partial charge < -0.3 is 4.74 Å². The van der Waals surface area contributed by atoms with Crippen LogP contribution < -0.4 is 0 Å². The van der Waals surface area contributed by atoms with Gasteiger partial charge in [-0.2, -0.15) is 8.42 Å². The molecule has 0 fully saturated rings. The highest BCUT2D eigenvalue weighted by atomic mass is 32.2. The molecule has 3 rings (SSSR count). The predicted molar refractivity (Wildman–Crippen MR) is 99.7 cm³/mol. The van der Waals surface area contributed by atoms with E-state index >= 15 is 0 Å². The summed E-state index contributed by atoms with van der Waals surface area (Å²) in [6.45, 7) is 6.04. The van der Waals surface area contributed by atoms with Crippen molar-refractivity contribution < 1.29 is 17.9 Å². The van der Waals surface area contributed by atoms with Crippen LogP contribution in [0.1, 0.15) is 43.4 Å². The van der Waals surface area contributed by atoms with Crippen LogP contribution in [0.25, 0.3) is 0 Å². The van der Waals surface area contributed by atoms with Gasteiger partial charge in [-0.25, -0.2) is 0 Å². The van der Waals surface area contributed by atoms with Crippen molar-refractivity contribution in [3.63, 3.8) is 0 Å². The number of nitrogens with zero attached hydrogens (tertiary/aromatic N) is 1. The van der Waals surface area contributed by atoms with Gasteiger partial charge in [0.2, 0.25) is 5.90 Å².